The predicted octanol–water partition coefficient (Wildman–Crippen LogP) is 2.58. The van der Waals surface area contributed by atoms with E-state index in [1.807, 2.05) is 29.5 Å². The Morgan fingerprint density at radius 2 is 1.90 bits per heavy atom. The fraction of sp³-hybridized carbons (Fsp3) is 0.0769. The Morgan fingerprint density at radius 1 is 1.20 bits per heavy atom. The van der Waals surface area contributed by atoms with Gasteiger partial charge in [-0.3, -0.25) is 0 Å². The molecule has 20 heavy (non-hydrogen) atoms. The molecule has 0 aliphatic carbocycles. The summed E-state index contributed by atoms with van der Waals surface area (Å²) in [5.41, 5.74) is 1.41. The topological polar surface area (TPSA) is 64.8 Å². The summed E-state index contributed by atoms with van der Waals surface area (Å²) in [6.45, 7) is 1.92. The summed E-state index contributed by atoms with van der Waals surface area (Å²) in [7, 11) is -3.65. The fourth-order valence-electron chi connectivity index (χ4n) is 1.94. The van der Waals surface area contributed by atoms with E-state index in [9.17, 15) is 8.42 Å². The monoisotopic (exact) mass is 399 g/mol. The fourth-order valence-corrected chi connectivity index (χ4v) is 4.63. The van der Waals surface area contributed by atoms with Crippen molar-refractivity contribution in [2.75, 3.05) is 0 Å². The van der Waals surface area contributed by atoms with Gasteiger partial charge in [0.25, 0.3) is 10.0 Å². The lowest BCUT2D eigenvalue weighted by molar-refractivity contribution is 0.587. The molecule has 0 fully saturated rings. The van der Waals surface area contributed by atoms with E-state index in [0.717, 1.165) is 5.56 Å². The van der Waals surface area contributed by atoms with Gasteiger partial charge in [-0.1, -0.05) is 17.7 Å². The van der Waals surface area contributed by atoms with Crippen molar-refractivity contribution in [3.63, 3.8) is 0 Å². The van der Waals surface area contributed by atoms with E-state index in [4.69, 9.17) is 0 Å². The van der Waals surface area contributed by atoms with Crippen molar-refractivity contribution in [1.29, 1.82) is 0 Å². The van der Waals surface area contributed by atoms with Crippen LogP contribution in [-0.4, -0.2) is 22.4 Å². The van der Waals surface area contributed by atoms with E-state index < -0.39 is 10.0 Å². The van der Waals surface area contributed by atoms with E-state index in [2.05, 4.69) is 9.97 Å². The van der Waals surface area contributed by atoms with Gasteiger partial charge in [0.05, 0.1) is 8.60 Å². The van der Waals surface area contributed by atoms with Crippen LogP contribution in [0.15, 0.2) is 47.8 Å². The highest BCUT2D eigenvalue weighted by atomic mass is 127. The third-order valence-electron chi connectivity index (χ3n) is 2.94. The molecular formula is C13H10IN3O2S. The molecule has 7 heteroatoms. The molecule has 0 bridgehead atoms. The van der Waals surface area contributed by atoms with E-state index in [-0.39, 0.29) is 4.90 Å². The van der Waals surface area contributed by atoms with Crippen LogP contribution >= 0.6 is 22.6 Å². The average Bonchev–Trinajstić information content (AvgIpc) is 2.75. The van der Waals surface area contributed by atoms with Crippen LogP contribution in [0.5, 0.6) is 0 Å². The van der Waals surface area contributed by atoms with Crippen LogP contribution in [0.1, 0.15) is 5.56 Å². The zero-order valence-electron chi connectivity index (χ0n) is 10.5. The van der Waals surface area contributed by atoms with Crippen molar-refractivity contribution in [2.45, 2.75) is 11.8 Å². The van der Waals surface area contributed by atoms with Gasteiger partial charge < -0.3 is 0 Å². The molecule has 2 heterocycles. The van der Waals surface area contributed by atoms with Crippen LogP contribution in [-0.2, 0) is 10.0 Å². The minimum absolute atomic E-state index is 0.247. The maximum Gasteiger partial charge on any atom is 0.270 e. The number of rotatable bonds is 2. The molecule has 1 aromatic carbocycles. The number of aryl methyl sites for hydroxylation is 1. The first-order chi connectivity index (χ1) is 9.50. The summed E-state index contributed by atoms with van der Waals surface area (Å²) >= 11 is 1.99. The van der Waals surface area contributed by atoms with Crippen molar-refractivity contribution in [2.24, 2.45) is 0 Å². The van der Waals surface area contributed by atoms with Crippen molar-refractivity contribution >= 4 is 43.6 Å². The van der Waals surface area contributed by atoms with Crippen molar-refractivity contribution in [3.8, 4) is 0 Å². The first-order valence-electron chi connectivity index (χ1n) is 5.79. The number of hydrogen-bond donors (Lipinski definition) is 0. The summed E-state index contributed by atoms with van der Waals surface area (Å²) in [5.74, 6) is 0. The maximum absolute atomic E-state index is 12.7. The Labute approximate surface area is 129 Å². The number of hydrogen-bond acceptors (Lipinski definition) is 4. The van der Waals surface area contributed by atoms with Crippen LogP contribution in [0, 0.1) is 10.6 Å². The number of halogens is 1. The number of fused-ring (bicyclic) bond motifs is 1. The molecule has 0 saturated carbocycles. The summed E-state index contributed by atoms with van der Waals surface area (Å²) < 4.78 is 27.3. The lowest BCUT2D eigenvalue weighted by atomic mass is 10.2. The van der Waals surface area contributed by atoms with Gasteiger partial charge in [0.15, 0.2) is 5.65 Å². The van der Waals surface area contributed by atoms with Gasteiger partial charge in [-0.05, 0) is 47.7 Å². The molecule has 0 atom stereocenters. The van der Waals surface area contributed by atoms with Crippen LogP contribution < -0.4 is 0 Å². The van der Waals surface area contributed by atoms with Gasteiger partial charge in [0.2, 0.25) is 0 Å². The summed E-state index contributed by atoms with van der Waals surface area (Å²) in [5, 5.41) is 0.701. The predicted molar refractivity (Wildman–Crippen MR) is 84.0 cm³/mol. The highest BCUT2D eigenvalue weighted by Gasteiger charge is 2.22. The number of benzene rings is 1. The van der Waals surface area contributed by atoms with Crippen LogP contribution in [0.4, 0.5) is 0 Å². The minimum atomic E-state index is -3.65. The highest BCUT2D eigenvalue weighted by molar-refractivity contribution is 14.1. The van der Waals surface area contributed by atoms with E-state index in [0.29, 0.717) is 14.7 Å². The quantitative estimate of drug-likeness (QED) is 0.622. The molecule has 0 N–H and O–H groups in total. The van der Waals surface area contributed by atoms with Crippen LogP contribution in [0.25, 0.3) is 11.0 Å². The standard InChI is InChI=1S/C13H10IN3O2S/c1-9-2-4-11(5-3-9)20(18,19)17-12(14)6-10-7-15-8-16-13(10)17/h2-8H,1H3. The molecule has 0 aliphatic heterocycles. The SMILES string of the molecule is Cc1ccc(S(=O)(=O)n2c(I)cc3cncnc32)cc1. The molecule has 2 aromatic heterocycles. The van der Waals surface area contributed by atoms with Gasteiger partial charge in [0.1, 0.15) is 6.33 Å². The van der Waals surface area contributed by atoms with Gasteiger partial charge in [-0.25, -0.2) is 22.4 Å². The minimum Gasteiger partial charge on any atom is -0.244 e. The van der Waals surface area contributed by atoms with Crippen molar-refractivity contribution < 1.29 is 8.42 Å². The molecule has 5 nitrogen and oxygen atoms in total. The molecule has 0 saturated heterocycles. The molecule has 0 unspecified atom stereocenters. The normalized spacial score (nSPS) is 11.9. The second-order valence-corrected chi connectivity index (χ2v) is 7.24. The molecule has 3 rings (SSSR count). The number of aromatic nitrogens is 3. The van der Waals surface area contributed by atoms with Gasteiger partial charge in [0, 0.05) is 11.6 Å². The first kappa shape index (κ1) is 13.5. The molecular weight excluding hydrogens is 389 g/mol. The van der Waals surface area contributed by atoms with E-state index >= 15 is 0 Å². The second-order valence-electron chi connectivity index (χ2n) is 4.35. The zero-order chi connectivity index (χ0) is 14.3. The zero-order valence-corrected chi connectivity index (χ0v) is 13.5. The Kier molecular flexibility index (Phi) is 3.25. The third kappa shape index (κ3) is 2.10. The molecule has 0 aliphatic rings. The van der Waals surface area contributed by atoms with Crippen molar-refractivity contribution in [1.82, 2.24) is 13.9 Å². The van der Waals surface area contributed by atoms with Gasteiger partial charge in [-0.15, -0.1) is 0 Å². The Morgan fingerprint density at radius 3 is 2.60 bits per heavy atom. The Hall–Kier alpha value is -1.48. The first-order valence-corrected chi connectivity index (χ1v) is 8.31. The van der Waals surface area contributed by atoms with E-state index in [1.165, 1.54) is 10.3 Å². The molecule has 0 amide bonds. The summed E-state index contributed by atoms with van der Waals surface area (Å²) in [6.07, 6.45) is 2.95. The van der Waals surface area contributed by atoms with Crippen LogP contribution in [0.3, 0.4) is 0 Å². The molecule has 0 radical (unpaired) electrons. The molecule has 3 aromatic rings. The third-order valence-corrected chi connectivity index (χ3v) is 5.78. The van der Waals surface area contributed by atoms with Crippen LogP contribution in [0.2, 0.25) is 0 Å². The smallest absolute Gasteiger partial charge is 0.244 e. The van der Waals surface area contributed by atoms with Crippen molar-refractivity contribution in [3.05, 3.63) is 52.1 Å². The highest BCUT2D eigenvalue weighted by Crippen LogP contribution is 2.24. The maximum atomic E-state index is 12.7. The Balaban J connectivity index is 2.29. The molecule has 102 valence electrons. The summed E-state index contributed by atoms with van der Waals surface area (Å²) in [6, 6.07) is 8.52. The summed E-state index contributed by atoms with van der Waals surface area (Å²) in [4.78, 5) is 8.24. The van der Waals surface area contributed by atoms with Gasteiger partial charge >= 0.3 is 0 Å². The molecule has 0 spiro atoms. The number of nitrogens with zero attached hydrogens (tertiary/aromatic N) is 3. The lowest BCUT2D eigenvalue weighted by Gasteiger charge is -2.08. The van der Waals surface area contributed by atoms with Gasteiger partial charge in [-0.2, -0.15) is 0 Å². The van der Waals surface area contributed by atoms with E-state index in [1.54, 1.807) is 36.5 Å². The Bertz CT molecular complexity index is 886. The average molecular weight is 399 g/mol. The largest absolute Gasteiger partial charge is 0.270 e. The second kappa shape index (κ2) is 4.81. The lowest BCUT2D eigenvalue weighted by Crippen LogP contribution is -2.14.